The predicted octanol–water partition coefficient (Wildman–Crippen LogP) is 3.88. The van der Waals surface area contributed by atoms with Crippen molar-refractivity contribution in [3.05, 3.63) is 35.0 Å². The SMILES string of the molecule is CC(C)OC(=O)NC1Cc2c(n(CC3N(C(=O)OC(C)(C)C)CCC3(C)O)c3ccc(C#N)cc23)C1. The van der Waals surface area contributed by atoms with Crippen molar-refractivity contribution in [2.24, 2.45) is 0 Å². The van der Waals surface area contributed by atoms with Crippen molar-refractivity contribution < 1.29 is 24.2 Å². The Balaban J connectivity index is 1.69. The minimum absolute atomic E-state index is 0.145. The number of amides is 2. The summed E-state index contributed by atoms with van der Waals surface area (Å²) in [5.41, 5.74) is 1.86. The molecule has 9 nitrogen and oxygen atoms in total. The van der Waals surface area contributed by atoms with E-state index >= 15 is 0 Å². The molecule has 4 rings (SSSR count). The quantitative estimate of drug-likeness (QED) is 0.664. The largest absolute Gasteiger partial charge is 0.447 e. The fourth-order valence-electron chi connectivity index (χ4n) is 5.30. The van der Waals surface area contributed by atoms with Crippen molar-refractivity contribution in [3.8, 4) is 6.07 Å². The van der Waals surface area contributed by atoms with Crippen LogP contribution >= 0.6 is 0 Å². The van der Waals surface area contributed by atoms with Gasteiger partial charge in [-0.15, -0.1) is 0 Å². The van der Waals surface area contributed by atoms with Crippen LogP contribution in [0.25, 0.3) is 10.9 Å². The van der Waals surface area contributed by atoms with Crippen LogP contribution in [0.3, 0.4) is 0 Å². The lowest BCUT2D eigenvalue weighted by Gasteiger charge is -2.34. The van der Waals surface area contributed by atoms with Crippen molar-refractivity contribution in [1.29, 1.82) is 5.26 Å². The zero-order chi connectivity index (χ0) is 26.4. The van der Waals surface area contributed by atoms with Crippen molar-refractivity contribution in [2.75, 3.05) is 6.54 Å². The molecule has 2 amide bonds. The summed E-state index contributed by atoms with van der Waals surface area (Å²) < 4.78 is 13.0. The van der Waals surface area contributed by atoms with Gasteiger partial charge in [-0.1, -0.05) is 0 Å². The van der Waals surface area contributed by atoms with E-state index in [0.29, 0.717) is 37.9 Å². The van der Waals surface area contributed by atoms with E-state index in [1.807, 2.05) is 32.9 Å². The number of rotatable bonds is 4. The van der Waals surface area contributed by atoms with Gasteiger partial charge in [-0.25, -0.2) is 9.59 Å². The Hall–Kier alpha value is -3.25. The Morgan fingerprint density at radius 3 is 2.67 bits per heavy atom. The Labute approximate surface area is 212 Å². The Bertz CT molecular complexity index is 1220. The number of benzene rings is 1. The third-order valence-corrected chi connectivity index (χ3v) is 6.91. The number of aliphatic hydroxyl groups is 1. The normalized spacial score (nSPS) is 23.6. The van der Waals surface area contributed by atoms with Crippen LogP contribution in [0.2, 0.25) is 0 Å². The van der Waals surface area contributed by atoms with Gasteiger partial charge in [0.25, 0.3) is 0 Å². The zero-order valence-corrected chi connectivity index (χ0v) is 21.9. The van der Waals surface area contributed by atoms with E-state index < -0.39 is 29.4 Å². The smallest absolute Gasteiger partial charge is 0.410 e. The maximum atomic E-state index is 13.0. The lowest BCUT2D eigenvalue weighted by molar-refractivity contribution is -0.0106. The summed E-state index contributed by atoms with van der Waals surface area (Å²) in [5.74, 6) is 0. The first-order chi connectivity index (χ1) is 16.8. The molecule has 194 valence electrons. The van der Waals surface area contributed by atoms with Gasteiger partial charge in [0.15, 0.2) is 0 Å². The van der Waals surface area contributed by atoms with Crippen LogP contribution in [-0.2, 0) is 28.9 Å². The highest BCUT2D eigenvalue weighted by Gasteiger charge is 2.47. The topological polar surface area (TPSA) is 117 Å². The maximum Gasteiger partial charge on any atom is 0.410 e. The molecule has 3 unspecified atom stereocenters. The molecule has 1 aromatic heterocycles. The number of alkyl carbamates (subject to hydrolysis) is 1. The van der Waals surface area contributed by atoms with Crippen molar-refractivity contribution in [3.63, 3.8) is 0 Å². The molecule has 0 radical (unpaired) electrons. The monoisotopic (exact) mass is 496 g/mol. The van der Waals surface area contributed by atoms with Crippen molar-refractivity contribution in [1.82, 2.24) is 14.8 Å². The van der Waals surface area contributed by atoms with E-state index in [1.54, 1.807) is 31.7 Å². The average Bonchev–Trinajstić information content (AvgIpc) is 3.37. The first kappa shape index (κ1) is 25.8. The Kier molecular flexibility index (Phi) is 6.69. The lowest BCUT2D eigenvalue weighted by atomic mass is 9.97. The summed E-state index contributed by atoms with van der Waals surface area (Å²) in [6.07, 6.45) is 0.523. The molecule has 2 N–H and O–H groups in total. The standard InChI is InChI=1S/C27H36N4O5/c1-16(2)35-24(32)29-18-12-20-19-11-17(14-28)7-8-21(19)31(22(20)13-18)15-23-27(6,34)9-10-30(23)25(33)36-26(3,4)5/h7-8,11,16,18,23,34H,9-10,12-13,15H2,1-6H3,(H,29,32). The summed E-state index contributed by atoms with van der Waals surface area (Å²) in [5, 5.41) is 24.6. The summed E-state index contributed by atoms with van der Waals surface area (Å²) in [6.45, 7) is 11.6. The average molecular weight is 497 g/mol. The van der Waals surface area contributed by atoms with Crippen LogP contribution in [-0.4, -0.2) is 62.7 Å². The Morgan fingerprint density at radius 2 is 2.03 bits per heavy atom. The van der Waals surface area contributed by atoms with Crippen LogP contribution in [0.1, 0.15) is 64.8 Å². The summed E-state index contributed by atoms with van der Waals surface area (Å²) in [6, 6.07) is 7.13. The van der Waals surface area contributed by atoms with Gasteiger partial charge in [0.1, 0.15) is 5.60 Å². The second kappa shape index (κ2) is 9.32. The van der Waals surface area contributed by atoms with Crippen LogP contribution in [0.5, 0.6) is 0 Å². The molecule has 1 fully saturated rings. The number of hydrogen-bond donors (Lipinski definition) is 2. The van der Waals surface area contributed by atoms with E-state index in [1.165, 1.54) is 0 Å². The third kappa shape index (κ3) is 5.14. The van der Waals surface area contributed by atoms with E-state index in [4.69, 9.17) is 9.47 Å². The van der Waals surface area contributed by atoms with Gasteiger partial charge < -0.3 is 29.4 Å². The summed E-state index contributed by atoms with van der Waals surface area (Å²) in [4.78, 5) is 26.9. The predicted molar refractivity (Wildman–Crippen MR) is 135 cm³/mol. The number of aromatic nitrogens is 1. The van der Waals surface area contributed by atoms with Crippen molar-refractivity contribution >= 4 is 23.1 Å². The highest BCUT2D eigenvalue weighted by molar-refractivity contribution is 5.88. The summed E-state index contributed by atoms with van der Waals surface area (Å²) in [7, 11) is 0. The first-order valence-corrected chi connectivity index (χ1v) is 12.5. The van der Waals surface area contributed by atoms with E-state index in [2.05, 4.69) is 16.0 Å². The maximum absolute atomic E-state index is 13.0. The number of nitriles is 1. The molecule has 9 heteroatoms. The second-order valence-corrected chi connectivity index (χ2v) is 11.4. The molecule has 1 aliphatic carbocycles. The molecule has 2 aromatic rings. The molecule has 1 saturated heterocycles. The molecule has 0 bridgehead atoms. The molecule has 1 aromatic carbocycles. The molecule has 2 heterocycles. The molecule has 1 aliphatic heterocycles. The van der Waals surface area contributed by atoms with Crippen LogP contribution < -0.4 is 5.32 Å². The summed E-state index contributed by atoms with van der Waals surface area (Å²) >= 11 is 0. The number of likely N-dealkylation sites (tertiary alicyclic amines) is 1. The van der Waals surface area contributed by atoms with Crippen molar-refractivity contribution in [2.45, 2.75) is 96.7 Å². The number of nitrogens with one attached hydrogen (secondary N) is 1. The molecular weight excluding hydrogens is 460 g/mol. The lowest BCUT2D eigenvalue weighted by Crippen LogP contribution is -2.49. The number of hydrogen-bond acceptors (Lipinski definition) is 6. The van der Waals surface area contributed by atoms with E-state index in [9.17, 15) is 20.0 Å². The number of fused-ring (bicyclic) bond motifs is 3. The van der Waals surface area contributed by atoms with Gasteiger partial charge in [-0.2, -0.15) is 5.26 Å². The fourth-order valence-corrected chi connectivity index (χ4v) is 5.30. The third-order valence-electron chi connectivity index (χ3n) is 6.91. The van der Waals surface area contributed by atoms with Gasteiger partial charge in [0, 0.05) is 42.1 Å². The number of ether oxygens (including phenoxy) is 2. The number of carbonyl (C=O) groups excluding carboxylic acids is 2. The molecule has 36 heavy (non-hydrogen) atoms. The number of nitrogens with zero attached hydrogens (tertiary/aromatic N) is 3. The Morgan fingerprint density at radius 1 is 1.31 bits per heavy atom. The molecule has 0 saturated carbocycles. The number of carbonyl (C=O) groups is 2. The minimum Gasteiger partial charge on any atom is -0.447 e. The first-order valence-electron chi connectivity index (χ1n) is 12.5. The highest BCUT2D eigenvalue weighted by atomic mass is 16.6. The van der Waals surface area contributed by atoms with E-state index in [-0.39, 0.29) is 12.1 Å². The molecule has 2 aliphatic rings. The van der Waals surface area contributed by atoms with Gasteiger partial charge >= 0.3 is 12.2 Å². The molecule has 0 spiro atoms. The second-order valence-electron chi connectivity index (χ2n) is 11.4. The van der Waals surface area contributed by atoms with E-state index in [0.717, 1.165) is 22.2 Å². The van der Waals surface area contributed by atoms with Gasteiger partial charge in [0.05, 0.1) is 29.4 Å². The molecular formula is C27H36N4O5. The highest BCUT2D eigenvalue weighted by Crippen LogP contribution is 2.37. The molecule has 3 atom stereocenters. The van der Waals surface area contributed by atoms with Gasteiger partial charge in [-0.3, -0.25) is 0 Å². The van der Waals surface area contributed by atoms with Gasteiger partial charge in [-0.05, 0) is 78.1 Å². The van der Waals surface area contributed by atoms with Crippen LogP contribution in [0.15, 0.2) is 18.2 Å². The zero-order valence-electron chi connectivity index (χ0n) is 21.9. The fraction of sp³-hybridized carbons (Fsp3) is 0.593. The van der Waals surface area contributed by atoms with Crippen LogP contribution in [0, 0.1) is 11.3 Å². The van der Waals surface area contributed by atoms with Crippen LogP contribution in [0.4, 0.5) is 9.59 Å². The minimum atomic E-state index is -1.09. The van der Waals surface area contributed by atoms with Gasteiger partial charge in [0.2, 0.25) is 0 Å².